The van der Waals surface area contributed by atoms with Crippen LogP contribution in [-0.2, 0) is 0 Å². The molecule has 3 N–H and O–H groups in total. The van der Waals surface area contributed by atoms with Crippen LogP contribution in [0.15, 0.2) is 39.3 Å². The molecule has 0 aliphatic heterocycles. The highest BCUT2D eigenvalue weighted by Crippen LogP contribution is 2.22. The summed E-state index contributed by atoms with van der Waals surface area (Å²) in [5.74, 6) is 0.259. The molecule has 0 atom stereocenters. The van der Waals surface area contributed by atoms with E-state index in [1.54, 1.807) is 31.4 Å². The highest BCUT2D eigenvalue weighted by atomic mass is 32.1. The summed E-state index contributed by atoms with van der Waals surface area (Å²) in [5.41, 5.74) is -0.329. The number of rotatable bonds is 3. The maximum atomic E-state index is 11.5. The van der Waals surface area contributed by atoms with Crippen molar-refractivity contribution in [2.24, 2.45) is 10.2 Å². The van der Waals surface area contributed by atoms with Crippen molar-refractivity contribution in [2.45, 2.75) is 0 Å². The number of methoxy groups -OCH3 is 1. The molecule has 0 amide bonds. The Balaban J connectivity index is 2.32. The minimum atomic E-state index is -0.612. The van der Waals surface area contributed by atoms with Gasteiger partial charge in [-0.25, -0.2) is 0 Å². The molecule has 0 saturated carbocycles. The van der Waals surface area contributed by atoms with Crippen LogP contribution < -0.4 is 10.3 Å². The van der Waals surface area contributed by atoms with E-state index in [1.807, 2.05) is 0 Å². The van der Waals surface area contributed by atoms with Gasteiger partial charge < -0.3 is 14.8 Å². The second-order valence-corrected chi connectivity index (χ2v) is 3.91. The largest absolute Gasteiger partial charge is 0.497 e. The number of hydrogen-bond donors (Lipinski definition) is 3. The number of aromatic nitrogens is 2. The van der Waals surface area contributed by atoms with Crippen LogP contribution in [0, 0.1) is 4.77 Å². The van der Waals surface area contributed by atoms with Gasteiger partial charge in [0.25, 0.3) is 5.56 Å². The van der Waals surface area contributed by atoms with Crippen molar-refractivity contribution in [1.29, 1.82) is 0 Å². The van der Waals surface area contributed by atoms with Gasteiger partial charge in [-0.1, -0.05) is 0 Å². The predicted octanol–water partition coefficient (Wildman–Crippen LogP) is 2.56. The Bertz CT molecular complexity index is 718. The third-order valence-corrected chi connectivity index (χ3v) is 2.44. The van der Waals surface area contributed by atoms with Crippen LogP contribution >= 0.6 is 12.2 Å². The van der Waals surface area contributed by atoms with Gasteiger partial charge in [-0.05, 0) is 36.5 Å². The highest BCUT2D eigenvalue weighted by molar-refractivity contribution is 7.71. The lowest BCUT2D eigenvalue weighted by atomic mass is 10.3. The molecule has 1 aromatic heterocycles. The molecule has 19 heavy (non-hydrogen) atoms. The Morgan fingerprint density at radius 1 is 1.21 bits per heavy atom. The van der Waals surface area contributed by atoms with Crippen LogP contribution in [0.1, 0.15) is 0 Å². The molecule has 2 aromatic rings. The number of azo groups is 1. The highest BCUT2D eigenvalue weighted by Gasteiger charge is 2.05. The average molecular weight is 278 g/mol. The first-order valence-corrected chi connectivity index (χ1v) is 5.62. The Labute approximate surface area is 112 Å². The van der Waals surface area contributed by atoms with E-state index in [4.69, 9.17) is 17.0 Å². The molecule has 98 valence electrons. The van der Waals surface area contributed by atoms with Crippen molar-refractivity contribution >= 4 is 23.6 Å². The van der Waals surface area contributed by atoms with Gasteiger partial charge in [0.1, 0.15) is 5.75 Å². The Hall–Kier alpha value is -2.48. The van der Waals surface area contributed by atoms with Gasteiger partial charge in [0, 0.05) is 0 Å². The van der Waals surface area contributed by atoms with Crippen LogP contribution in [0.3, 0.4) is 0 Å². The van der Waals surface area contributed by atoms with E-state index >= 15 is 0 Å². The first-order chi connectivity index (χ1) is 9.10. The molecular weight excluding hydrogens is 268 g/mol. The van der Waals surface area contributed by atoms with Gasteiger partial charge in [0.2, 0.25) is 11.6 Å². The second kappa shape index (κ2) is 5.44. The van der Waals surface area contributed by atoms with Crippen molar-refractivity contribution < 1.29 is 9.84 Å². The Kier molecular flexibility index (Phi) is 3.71. The number of H-pyrrole nitrogens is 2. The van der Waals surface area contributed by atoms with E-state index in [9.17, 15) is 9.90 Å². The molecule has 0 aliphatic rings. The number of hydrogen-bond acceptors (Lipinski definition) is 6. The molecule has 0 aliphatic carbocycles. The maximum absolute atomic E-state index is 11.5. The molecule has 0 fully saturated rings. The van der Waals surface area contributed by atoms with Crippen molar-refractivity contribution in [3.63, 3.8) is 0 Å². The zero-order chi connectivity index (χ0) is 13.8. The van der Waals surface area contributed by atoms with Crippen LogP contribution in [0.5, 0.6) is 11.6 Å². The van der Waals surface area contributed by atoms with E-state index < -0.39 is 11.4 Å². The summed E-state index contributed by atoms with van der Waals surface area (Å²) in [6.07, 6.45) is 0. The lowest BCUT2D eigenvalue weighted by Gasteiger charge is -1.98. The molecule has 1 heterocycles. The monoisotopic (exact) mass is 278 g/mol. The van der Waals surface area contributed by atoms with Crippen LogP contribution in [-0.4, -0.2) is 22.2 Å². The van der Waals surface area contributed by atoms with Gasteiger partial charge in [-0.15, -0.1) is 5.11 Å². The standard InChI is InChI=1S/C11H10N4O3S/c1-18-7-4-2-6(3-5-7)14-15-8-9(16)12-11(19)13-10(8)17/h2-5H,1H3,(H3,12,13,16,17,19). The number of aromatic hydroxyl groups is 1. The van der Waals surface area contributed by atoms with E-state index in [0.29, 0.717) is 11.4 Å². The Morgan fingerprint density at radius 3 is 2.47 bits per heavy atom. The van der Waals surface area contributed by atoms with E-state index in [2.05, 4.69) is 20.2 Å². The zero-order valence-corrected chi connectivity index (χ0v) is 10.7. The quantitative estimate of drug-likeness (QED) is 0.593. The number of aromatic amines is 2. The number of benzene rings is 1. The van der Waals surface area contributed by atoms with E-state index in [1.165, 1.54) is 0 Å². The summed E-state index contributed by atoms with van der Waals surface area (Å²) in [6, 6.07) is 6.74. The first kappa shape index (κ1) is 13.0. The fourth-order valence-electron chi connectivity index (χ4n) is 1.32. The summed E-state index contributed by atoms with van der Waals surface area (Å²) in [4.78, 5) is 16.2. The van der Waals surface area contributed by atoms with E-state index in [0.717, 1.165) is 0 Å². The van der Waals surface area contributed by atoms with Crippen molar-refractivity contribution in [1.82, 2.24) is 9.97 Å². The molecule has 0 unspecified atom stereocenters. The maximum Gasteiger partial charge on any atom is 0.283 e. The molecule has 7 nitrogen and oxygen atoms in total. The Morgan fingerprint density at radius 2 is 1.89 bits per heavy atom. The van der Waals surface area contributed by atoms with Crippen LogP contribution in [0.4, 0.5) is 11.4 Å². The summed E-state index contributed by atoms with van der Waals surface area (Å²) >= 11 is 4.69. The van der Waals surface area contributed by atoms with Crippen molar-refractivity contribution in [2.75, 3.05) is 7.11 Å². The molecule has 0 saturated heterocycles. The summed E-state index contributed by atoms with van der Waals surface area (Å²) in [5, 5.41) is 17.0. The molecule has 0 spiro atoms. The van der Waals surface area contributed by atoms with Gasteiger partial charge in [-0.2, -0.15) is 5.11 Å². The van der Waals surface area contributed by atoms with Gasteiger partial charge in [0.15, 0.2) is 4.77 Å². The minimum Gasteiger partial charge on any atom is -0.497 e. The average Bonchev–Trinajstić information content (AvgIpc) is 2.38. The fourth-order valence-corrected chi connectivity index (χ4v) is 1.51. The third-order valence-electron chi connectivity index (χ3n) is 2.24. The van der Waals surface area contributed by atoms with Gasteiger partial charge in [0.05, 0.1) is 12.8 Å². The number of ether oxygens (including phenoxy) is 1. The molecule has 8 heteroatoms. The lowest BCUT2D eigenvalue weighted by molar-refractivity contribution is 0.415. The molecule has 2 rings (SSSR count). The third kappa shape index (κ3) is 3.05. The minimum absolute atomic E-state index is 0.0193. The molecule has 0 bridgehead atoms. The zero-order valence-electron chi connectivity index (χ0n) is 9.88. The molecule has 0 radical (unpaired) electrons. The summed E-state index contributed by atoms with van der Waals surface area (Å²) in [6.45, 7) is 0. The second-order valence-electron chi connectivity index (χ2n) is 3.50. The number of nitrogens with zero attached hydrogens (tertiary/aromatic N) is 2. The fraction of sp³-hybridized carbons (Fsp3) is 0.0909. The normalized spacial score (nSPS) is 10.8. The van der Waals surface area contributed by atoms with Crippen LogP contribution in [0.25, 0.3) is 0 Å². The summed E-state index contributed by atoms with van der Waals surface area (Å²) < 4.78 is 5.02. The molecular formula is C11H10N4O3S. The molecule has 1 aromatic carbocycles. The smallest absolute Gasteiger partial charge is 0.283 e. The first-order valence-electron chi connectivity index (χ1n) is 5.21. The van der Waals surface area contributed by atoms with Crippen molar-refractivity contribution in [3.8, 4) is 11.6 Å². The van der Waals surface area contributed by atoms with Crippen molar-refractivity contribution in [3.05, 3.63) is 39.4 Å². The van der Waals surface area contributed by atoms with Crippen LogP contribution in [0.2, 0.25) is 0 Å². The van der Waals surface area contributed by atoms with Gasteiger partial charge in [-0.3, -0.25) is 9.78 Å². The van der Waals surface area contributed by atoms with E-state index in [-0.39, 0.29) is 10.5 Å². The lowest BCUT2D eigenvalue weighted by Crippen LogP contribution is -2.06. The summed E-state index contributed by atoms with van der Waals surface area (Å²) in [7, 11) is 1.56. The number of nitrogens with one attached hydrogen (secondary N) is 2. The SMILES string of the molecule is COc1ccc(N=Nc2c(O)[nH]c(=S)[nH]c2=O)cc1. The topological polar surface area (TPSA) is 103 Å². The van der Waals surface area contributed by atoms with Gasteiger partial charge >= 0.3 is 0 Å². The predicted molar refractivity (Wildman–Crippen MR) is 71.1 cm³/mol.